The summed E-state index contributed by atoms with van der Waals surface area (Å²) >= 11 is 0. The first-order chi connectivity index (χ1) is 9.56. The quantitative estimate of drug-likeness (QED) is 0.783. The lowest BCUT2D eigenvalue weighted by molar-refractivity contribution is 0.205. The Kier molecular flexibility index (Phi) is 2.30. The van der Waals surface area contributed by atoms with Gasteiger partial charge in [-0.2, -0.15) is 0 Å². The number of rotatable bonds is 0. The van der Waals surface area contributed by atoms with Crippen molar-refractivity contribution < 1.29 is 0 Å². The van der Waals surface area contributed by atoms with E-state index in [9.17, 15) is 0 Å². The van der Waals surface area contributed by atoms with Crippen LogP contribution in [0.3, 0.4) is 0 Å². The number of hydrogen-bond donors (Lipinski definition) is 1. The van der Waals surface area contributed by atoms with Crippen molar-refractivity contribution >= 4 is 16.5 Å². The Hall–Kier alpha value is -1.54. The van der Waals surface area contributed by atoms with Crippen LogP contribution in [-0.2, 0) is 5.41 Å². The smallest absolute Gasteiger partial charge is 0.0973 e. The van der Waals surface area contributed by atoms with Crippen molar-refractivity contribution in [2.45, 2.75) is 38.3 Å². The van der Waals surface area contributed by atoms with E-state index in [-0.39, 0.29) is 11.1 Å². The van der Waals surface area contributed by atoms with Gasteiger partial charge in [-0.1, -0.05) is 44.2 Å². The maximum absolute atomic E-state index is 3.79. The minimum absolute atomic E-state index is 0.0255. The van der Waals surface area contributed by atoms with Crippen LogP contribution in [0.5, 0.6) is 0 Å². The molecule has 0 amide bonds. The van der Waals surface area contributed by atoms with Gasteiger partial charge in [-0.05, 0) is 42.3 Å². The molecule has 2 nitrogen and oxygen atoms in total. The zero-order valence-electron chi connectivity index (χ0n) is 12.5. The molecule has 2 aromatic carbocycles. The molecule has 1 N–H and O–H groups in total. The SMILES string of the molecule is CC1(C)c2c(ccc3ccccc23)N2CCCNC21C. The molecule has 0 radical (unpaired) electrons. The number of benzene rings is 2. The van der Waals surface area contributed by atoms with Crippen molar-refractivity contribution in [2.24, 2.45) is 0 Å². The summed E-state index contributed by atoms with van der Waals surface area (Å²) in [5.74, 6) is 0. The van der Waals surface area contributed by atoms with Crippen LogP contribution in [0.15, 0.2) is 36.4 Å². The molecule has 2 aromatic rings. The molecule has 1 fully saturated rings. The largest absolute Gasteiger partial charge is 0.352 e. The van der Waals surface area contributed by atoms with E-state index in [1.54, 1.807) is 0 Å². The molecule has 104 valence electrons. The first kappa shape index (κ1) is 12.2. The minimum atomic E-state index is 0.0255. The van der Waals surface area contributed by atoms with E-state index in [4.69, 9.17) is 0 Å². The Morgan fingerprint density at radius 3 is 2.70 bits per heavy atom. The van der Waals surface area contributed by atoms with E-state index in [1.807, 2.05) is 0 Å². The highest BCUT2D eigenvalue weighted by molar-refractivity contribution is 5.93. The fourth-order valence-electron chi connectivity index (χ4n) is 4.19. The van der Waals surface area contributed by atoms with E-state index < -0.39 is 0 Å². The van der Waals surface area contributed by atoms with Crippen molar-refractivity contribution in [2.75, 3.05) is 18.0 Å². The van der Waals surface area contributed by atoms with Gasteiger partial charge in [0, 0.05) is 17.6 Å². The second kappa shape index (κ2) is 3.76. The lowest BCUT2D eigenvalue weighted by Gasteiger charge is -2.49. The molecular formula is C18H22N2. The topological polar surface area (TPSA) is 15.3 Å². The predicted molar refractivity (Wildman–Crippen MR) is 85.3 cm³/mol. The molecule has 2 heteroatoms. The molecule has 0 aliphatic carbocycles. The summed E-state index contributed by atoms with van der Waals surface area (Å²) in [6.07, 6.45) is 1.22. The molecule has 4 rings (SSSR count). The van der Waals surface area contributed by atoms with Crippen LogP contribution in [0, 0.1) is 0 Å². The van der Waals surface area contributed by atoms with E-state index in [0.29, 0.717) is 0 Å². The molecule has 0 saturated carbocycles. The monoisotopic (exact) mass is 266 g/mol. The van der Waals surface area contributed by atoms with Gasteiger partial charge in [0.25, 0.3) is 0 Å². The standard InChI is InChI=1S/C18H22N2/c1-17(2)16-14-8-5-4-7-13(14)9-10-15(16)20-12-6-11-19-18(17,20)3/h4-5,7-10,19H,6,11-12H2,1-3H3. The van der Waals surface area contributed by atoms with Crippen LogP contribution >= 0.6 is 0 Å². The molecule has 1 atom stereocenters. The average molecular weight is 266 g/mol. The first-order valence-electron chi connectivity index (χ1n) is 7.61. The molecule has 2 heterocycles. The Morgan fingerprint density at radius 2 is 1.85 bits per heavy atom. The fraction of sp³-hybridized carbons (Fsp3) is 0.444. The third-order valence-electron chi connectivity index (χ3n) is 5.61. The lowest BCUT2D eigenvalue weighted by atomic mass is 9.74. The molecule has 20 heavy (non-hydrogen) atoms. The van der Waals surface area contributed by atoms with Gasteiger partial charge in [0.2, 0.25) is 0 Å². The summed E-state index contributed by atoms with van der Waals surface area (Å²) in [6, 6.07) is 13.4. The van der Waals surface area contributed by atoms with Crippen molar-refractivity contribution in [1.82, 2.24) is 5.32 Å². The molecule has 0 aromatic heterocycles. The average Bonchev–Trinajstić information content (AvgIpc) is 2.64. The van der Waals surface area contributed by atoms with Crippen LogP contribution in [0.25, 0.3) is 10.8 Å². The number of nitrogens with one attached hydrogen (secondary N) is 1. The Morgan fingerprint density at radius 1 is 1.05 bits per heavy atom. The molecule has 1 saturated heterocycles. The third-order valence-corrected chi connectivity index (χ3v) is 5.61. The minimum Gasteiger partial charge on any atom is -0.352 e. The van der Waals surface area contributed by atoms with Gasteiger partial charge >= 0.3 is 0 Å². The van der Waals surface area contributed by atoms with Gasteiger partial charge in [0.05, 0.1) is 5.66 Å². The highest BCUT2D eigenvalue weighted by Gasteiger charge is 2.55. The number of fused-ring (bicyclic) bond motifs is 5. The zero-order chi connectivity index (χ0) is 14.0. The Bertz CT molecular complexity index is 689. The highest BCUT2D eigenvalue weighted by atomic mass is 15.4. The van der Waals surface area contributed by atoms with Crippen LogP contribution in [0.1, 0.15) is 32.8 Å². The summed E-state index contributed by atoms with van der Waals surface area (Å²) in [4.78, 5) is 2.58. The first-order valence-corrected chi connectivity index (χ1v) is 7.61. The van der Waals surface area contributed by atoms with Crippen molar-refractivity contribution in [3.63, 3.8) is 0 Å². The van der Waals surface area contributed by atoms with E-state index in [1.165, 1.54) is 28.4 Å². The van der Waals surface area contributed by atoms with Crippen LogP contribution in [0.4, 0.5) is 5.69 Å². The van der Waals surface area contributed by atoms with Crippen molar-refractivity contribution in [3.05, 3.63) is 42.0 Å². The maximum atomic E-state index is 3.79. The van der Waals surface area contributed by atoms with E-state index in [2.05, 4.69) is 67.4 Å². The summed E-state index contributed by atoms with van der Waals surface area (Å²) in [5, 5.41) is 6.54. The van der Waals surface area contributed by atoms with E-state index >= 15 is 0 Å². The van der Waals surface area contributed by atoms with Crippen LogP contribution in [0.2, 0.25) is 0 Å². The van der Waals surface area contributed by atoms with E-state index in [0.717, 1.165) is 13.1 Å². The maximum Gasteiger partial charge on any atom is 0.0973 e. The Balaban J connectivity index is 2.07. The van der Waals surface area contributed by atoms with Gasteiger partial charge in [-0.25, -0.2) is 0 Å². The van der Waals surface area contributed by atoms with Gasteiger partial charge in [-0.15, -0.1) is 0 Å². The second-order valence-electron chi connectivity index (χ2n) is 6.81. The van der Waals surface area contributed by atoms with Gasteiger partial charge < -0.3 is 4.90 Å². The molecule has 0 spiro atoms. The molecule has 1 unspecified atom stereocenters. The zero-order valence-corrected chi connectivity index (χ0v) is 12.5. The fourth-order valence-corrected chi connectivity index (χ4v) is 4.19. The molecule has 0 bridgehead atoms. The highest BCUT2D eigenvalue weighted by Crippen LogP contribution is 2.53. The molecular weight excluding hydrogens is 244 g/mol. The second-order valence-corrected chi connectivity index (χ2v) is 6.81. The van der Waals surface area contributed by atoms with Gasteiger partial charge in [0.15, 0.2) is 0 Å². The lowest BCUT2D eigenvalue weighted by Crippen LogP contribution is -2.66. The predicted octanol–water partition coefficient (Wildman–Crippen LogP) is 3.65. The third kappa shape index (κ3) is 1.28. The van der Waals surface area contributed by atoms with Crippen LogP contribution < -0.4 is 10.2 Å². The number of anilines is 1. The van der Waals surface area contributed by atoms with Gasteiger partial charge in [0.1, 0.15) is 0 Å². The van der Waals surface area contributed by atoms with Crippen molar-refractivity contribution in [1.29, 1.82) is 0 Å². The van der Waals surface area contributed by atoms with Crippen molar-refractivity contribution in [3.8, 4) is 0 Å². The summed E-state index contributed by atoms with van der Waals surface area (Å²) in [5.41, 5.74) is 3.05. The molecule has 2 aliphatic rings. The van der Waals surface area contributed by atoms with Crippen LogP contribution in [-0.4, -0.2) is 18.8 Å². The number of nitrogens with zero attached hydrogens (tertiary/aromatic N) is 1. The normalized spacial score (nSPS) is 27.4. The summed E-state index contributed by atoms with van der Waals surface area (Å²) < 4.78 is 0. The molecule has 2 aliphatic heterocycles. The number of hydrogen-bond acceptors (Lipinski definition) is 2. The summed E-state index contributed by atoms with van der Waals surface area (Å²) in [6.45, 7) is 9.40. The van der Waals surface area contributed by atoms with Gasteiger partial charge in [-0.3, -0.25) is 5.32 Å². The Labute approximate surface area is 120 Å². The summed E-state index contributed by atoms with van der Waals surface area (Å²) in [7, 11) is 0.